The average molecular weight is 323 g/mol. The molecule has 5 heteroatoms. The highest BCUT2D eigenvalue weighted by molar-refractivity contribution is 6.32. The molecular formula is C17H23ClN2O2. The van der Waals surface area contributed by atoms with Gasteiger partial charge in [-0.05, 0) is 56.7 Å². The summed E-state index contributed by atoms with van der Waals surface area (Å²) in [5.41, 5.74) is 0.694. The number of nitrogens with one attached hydrogen (secondary N) is 2. The third-order valence-electron chi connectivity index (χ3n) is 4.48. The summed E-state index contributed by atoms with van der Waals surface area (Å²) < 4.78 is 5.91. The van der Waals surface area contributed by atoms with Crippen molar-refractivity contribution < 1.29 is 9.53 Å². The average Bonchev–Trinajstić information content (AvgIpc) is 3.15. The van der Waals surface area contributed by atoms with E-state index < -0.39 is 0 Å². The molecule has 0 aromatic heterocycles. The van der Waals surface area contributed by atoms with Crippen LogP contribution in [0.5, 0.6) is 5.75 Å². The number of halogens is 1. The zero-order valence-corrected chi connectivity index (χ0v) is 13.5. The van der Waals surface area contributed by atoms with Crippen LogP contribution < -0.4 is 15.4 Å². The fraction of sp³-hybridized carbons (Fsp3) is 0.588. The summed E-state index contributed by atoms with van der Waals surface area (Å²) in [5, 5.41) is 6.38. The van der Waals surface area contributed by atoms with Crippen molar-refractivity contribution in [1.29, 1.82) is 0 Å². The van der Waals surface area contributed by atoms with Gasteiger partial charge in [0.1, 0.15) is 5.75 Å². The molecule has 0 radical (unpaired) electrons. The lowest BCUT2D eigenvalue weighted by Crippen LogP contribution is -2.36. The van der Waals surface area contributed by atoms with Crippen LogP contribution in [0.3, 0.4) is 0 Å². The topological polar surface area (TPSA) is 50.4 Å². The van der Waals surface area contributed by atoms with Gasteiger partial charge in [-0.15, -0.1) is 0 Å². The van der Waals surface area contributed by atoms with Crippen molar-refractivity contribution in [3.8, 4) is 5.75 Å². The summed E-state index contributed by atoms with van der Waals surface area (Å²) in [6, 6.07) is 5.57. The van der Waals surface area contributed by atoms with Crippen LogP contribution in [0.4, 0.5) is 10.5 Å². The van der Waals surface area contributed by atoms with Crippen molar-refractivity contribution in [2.75, 3.05) is 5.32 Å². The first kappa shape index (κ1) is 15.5. The van der Waals surface area contributed by atoms with Crippen LogP contribution in [0.2, 0.25) is 5.02 Å². The van der Waals surface area contributed by atoms with Crippen LogP contribution in [0.25, 0.3) is 0 Å². The van der Waals surface area contributed by atoms with E-state index in [2.05, 4.69) is 10.6 Å². The molecule has 1 aromatic rings. The molecule has 0 saturated heterocycles. The Hall–Kier alpha value is -1.42. The van der Waals surface area contributed by atoms with E-state index in [1.165, 1.54) is 25.7 Å². The number of urea groups is 1. The van der Waals surface area contributed by atoms with Crippen molar-refractivity contribution in [2.24, 2.45) is 0 Å². The quantitative estimate of drug-likeness (QED) is 0.842. The van der Waals surface area contributed by atoms with E-state index >= 15 is 0 Å². The Morgan fingerprint density at radius 1 is 1.09 bits per heavy atom. The van der Waals surface area contributed by atoms with E-state index in [0.717, 1.165) is 25.7 Å². The Kier molecular flexibility index (Phi) is 5.08. The van der Waals surface area contributed by atoms with E-state index in [-0.39, 0.29) is 12.1 Å². The lowest BCUT2D eigenvalue weighted by Gasteiger charge is -2.16. The monoisotopic (exact) mass is 322 g/mol. The minimum atomic E-state index is -0.160. The summed E-state index contributed by atoms with van der Waals surface area (Å²) in [4.78, 5) is 11.9. The highest BCUT2D eigenvalue weighted by Gasteiger charge is 2.19. The number of ether oxygens (including phenoxy) is 1. The SMILES string of the molecule is O=C(Nc1ccc(OC2CCCC2)c(Cl)c1)NC1CCCC1. The van der Waals surface area contributed by atoms with Crippen molar-refractivity contribution in [3.63, 3.8) is 0 Å². The first-order valence-electron chi connectivity index (χ1n) is 8.24. The van der Waals surface area contributed by atoms with Crippen molar-refractivity contribution in [3.05, 3.63) is 23.2 Å². The molecule has 0 aliphatic heterocycles. The maximum atomic E-state index is 11.9. The largest absolute Gasteiger partial charge is 0.489 e. The second-order valence-corrected chi connectivity index (χ2v) is 6.66. The van der Waals surface area contributed by atoms with Gasteiger partial charge in [0.25, 0.3) is 0 Å². The van der Waals surface area contributed by atoms with Crippen LogP contribution in [0.15, 0.2) is 18.2 Å². The molecule has 22 heavy (non-hydrogen) atoms. The van der Waals surface area contributed by atoms with E-state index in [4.69, 9.17) is 16.3 Å². The van der Waals surface area contributed by atoms with Gasteiger partial charge in [-0.3, -0.25) is 0 Å². The van der Waals surface area contributed by atoms with Gasteiger partial charge < -0.3 is 15.4 Å². The summed E-state index contributed by atoms with van der Waals surface area (Å²) in [7, 11) is 0. The summed E-state index contributed by atoms with van der Waals surface area (Å²) in [6.45, 7) is 0. The smallest absolute Gasteiger partial charge is 0.319 e. The predicted octanol–water partition coefficient (Wildman–Crippen LogP) is 4.73. The lowest BCUT2D eigenvalue weighted by molar-refractivity contribution is 0.210. The molecule has 4 nitrogen and oxygen atoms in total. The number of hydrogen-bond donors (Lipinski definition) is 2. The molecule has 2 amide bonds. The van der Waals surface area contributed by atoms with Gasteiger partial charge in [0.05, 0.1) is 11.1 Å². The molecule has 120 valence electrons. The van der Waals surface area contributed by atoms with Gasteiger partial charge in [-0.2, -0.15) is 0 Å². The normalized spacial score (nSPS) is 19.3. The van der Waals surface area contributed by atoms with Gasteiger partial charge in [-0.25, -0.2) is 4.79 Å². The number of benzene rings is 1. The first-order chi connectivity index (χ1) is 10.7. The molecule has 0 atom stereocenters. The first-order valence-corrected chi connectivity index (χ1v) is 8.62. The Balaban J connectivity index is 1.55. The molecule has 2 aliphatic carbocycles. The number of anilines is 1. The number of rotatable bonds is 4. The predicted molar refractivity (Wildman–Crippen MR) is 88.7 cm³/mol. The summed E-state index contributed by atoms with van der Waals surface area (Å²) in [6.07, 6.45) is 9.47. The Morgan fingerprint density at radius 3 is 2.45 bits per heavy atom. The lowest BCUT2D eigenvalue weighted by atomic mass is 10.2. The van der Waals surface area contributed by atoms with Gasteiger partial charge >= 0.3 is 6.03 Å². The van der Waals surface area contributed by atoms with Gasteiger partial charge in [0.15, 0.2) is 0 Å². The zero-order valence-electron chi connectivity index (χ0n) is 12.7. The summed E-state index contributed by atoms with van der Waals surface area (Å²) in [5.74, 6) is 0.704. The number of carbonyl (C=O) groups excluding carboxylic acids is 1. The fourth-order valence-electron chi connectivity index (χ4n) is 3.28. The maximum absolute atomic E-state index is 11.9. The number of amides is 2. The van der Waals surface area contributed by atoms with E-state index in [1.54, 1.807) is 6.07 Å². The second kappa shape index (κ2) is 7.23. The minimum absolute atomic E-state index is 0.160. The van der Waals surface area contributed by atoms with E-state index in [1.807, 2.05) is 12.1 Å². The molecule has 0 unspecified atom stereocenters. The Morgan fingerprint density at radius 2 is 1.77 bits per heavy atom. The minimum Gasteiger partial charge on any atom is -0.489 e. The zero-order chi connectivity index (χ0) is 15.4. The second-order valence-electron chi connectivity index (χ2n) is 6.25. The molecule has 0 heterocycles. The fourth-order valence-corrected chi connectivity index (χ4v) is 3.51. The van der Waals surface area contributed by atoms with Crippen molar-refractivity contribution in [1.82, 2.24) is 5.32 Å². The number of hydrogen-bond acceptors (Lipinski definition) is 2. The summed E-state index contributed by atoms with van der Waals surface area (Å²) >= 11 is 6.26. The highest BCUT2D eigenvalue weighted by atomic mass is 35.5. The molecular weight excluding hydrogens is 300 g/mol. The molecule has 1 aromatic carbocycles. The third kappa shape index (κ3) is 4.07. The van der Waals surface area contributed by atoms with Crippen LogP contribution in [0.1, 0.15) is 51.4 Å². The number of carbonyl (C=O) groups is 1. The standard InChI is InChI=1S/C17H23ClN2O2/c18-15-11-13(20-17(21)19-12-5-1-2-6-12)9-10-16(15)22-14-7-3-4-8-14/h9-12,14H,1-8H2,(H2,19,20,21). The van der Waals surface area contributed by atoms with Crippen LogP contribution in [-0.2, 0) is 0 Å². The maximum Gasteiger partial charge on any atom is 0.319 e. The highest BCUT2D eigenvalue weighted by Crippen LogP contribution is 2.31. The van der Waals surface area contributed by atoms with Gasteiger partial charge in [-0.1, -0.05) is 24.4 Å². The van der Waals surface area contributed by atoms with Crippen LogP contribution in [-0.4, -0.2) is 18.2 Å². The van der Waals surface area contributed by atoms with E-state index in [0.29, 0.717) is 22.5 Å². The van der Waals surface area contributed by atoms with Gasteiger partial charge in [0.2, 0.25) is 0 Å². The molecule has 2 fully saturated rings. The molecule has 2 aliphatic rings. The van der Waals surface area contributed by atoms with Crippen LogP contribution >= 0.6 is 11.6 Å². The van der Waals surface area contributed by atoms with Crippen molar-refractivity contribution in [2.45, 2.75) is 63.5 Å². The molecule has 2 saturated carbocycles. The Labute approximate surface area is 136 Å². The van der Waals surface area contributed by atoms with Crippen molar-refractivity contribution >= 4 is 23.3 Å². The molecule has 0 spiro atoms. The molecule has 3 rings (SSSR count). The van der Waals surface area contributed by atoms with E-state index in [9.17, 15) is 4.79 Å². The molecule has 0 bridgehead atoms. The third-order valence-corrected chi connectivity index (χ3v) is 4.77. The molecule has 2 N–H and O–H groups in total. The van der Waals surface area contributed by atoms with Gasteiger partial charge in [0, 0.05) is 11.7 Å². The van der Waals surface area contributed by atoms with Crippen LogP contribution in [0, 0.1) is 0 Å². The Bertz CT molecular complexity index is 523.